The maximum Gasteiger partial charge on any atom is 0.227 e. The molecule has 0 radical (unpaired) electrons. The smallest absolute Gasteiger partial charge is 0.227 e. The lowest BCUT2D eigenvalue weighted by Gasteiger charge is -2.33. The van der Waals surface area contributed by atoms with Crippen LogP contribution in [0.4, 0.5) is 0 Å². The SMILES string of the molecule is N[C@@H]1CCN(C(=O)C2CCCN(S(=O)(=O)Cc3ccccc3)C2)C1. The lowest BCUT2D eigenvalue weighted by Crippen LogP contribution is -2.46. The van der Waals surface area contributed by atoms with Gasteiger partial charge in [-0.1, -0.05) is 30.3 Å². The molecule has 2 aliphatic heterocycles. The Hall–Kier alpha value is -1.44. The zero-order chi connectivity index (χ0) is 17.2. The summed E-state index contributed by atoms with van der Waals surface area (Å²) in [5.41, 5.74) is 6.65. The molecule has 2 N–H and O–H groups in total. The Balaban J connectivity index is 1.65. The van der Waals surface area contributed by atoms with Crippen LogP contribution in [0, 0.1) is 5.92 Å². The first-order chi connectivity index (χ1) is 11.5. The van der Waals surface area contributed by atoms with Crippen LogP contribution in [-0.4, -0.2) is 55.8 Å². The standard InChI is InChI=1S/C17H25N3O3S/c18-16-8-10-19(12-16)17(21)15-7-4-9-20(11-15)24(22,23)13-14-5-2-1-3-6-14/h1-3,5-6,15-16H,4,7-13,18H2/t15?,16-/m1/s1. The summed E-state index contributed by atoms with van der Waals surface area (Å²) in [6, 6.07) is 9.22. The number of amides is 1. The molecule has 7 heteroatoms. The van der Waals surface area contributed by atoms with Gasteiger partial charge in [0.2, 0.25) is 15.9 Å². The molecule has 1 unspecified atom stereocenters. The summed E-state index contributed by atoms with van der Waals surface area (Å²) in [7, 11) is -3.40. The van der Waals surface area contributed by atoms with Gasteiger partial charge in [0.05, 0.1) is 11.7 Å². The lowest BCUT2D eigenvalue weighted by molar-refractivity contribution is -0.135. The van der Waals surface area contributed by atoms with Crippen molar-refractivity contribution in [1.29, 1.82) is 0 Å². The molecule has 1 amide bonds. The minimum Gasteiger partial charge on any atom is -0.341 e. The van der Waals surface area contributed by atoms with Gasteiger partial charge in [0.1, 0.15) is 0 Å². The molecule has 2 atom stereocenters. The van der Waals surface area contributed by atoms with Gasteiger partial charge in [-0.3, -0.25) is 4.79 Å². The second kappa shape index (κ2) is 7.21. The van der Waals surface area contributed by atoms with E-state index in [0.29, 0.717) is 26.2 Å². The summed E-state index contributed by atoms with van der Waals surface area (Å²) in [6.07, 6.45) is 2.31. The Labute approximate surface area is 143 Å². The summed E-state index contributed by atoms with van der Waals surface area (Å²) < 4.78 is 26.8. The van der Waals surface area contributed by atoms with Crippen LogP contribution in [-0.2, 0) is 20.6 Å². The first-order valence-electron chi connectivity index (χ1n) is 8.52. The van der Waals surface area contributed by atoms with Crippen LogP contribution in [0.5, 0.6) is 0 Å². The van der Waals surface area contributed by atoms with Crippen molar-refractivity contribution in [3.05, 3.63) is 35.9 Å². The van der Waals surface area contributed by atoms with Gasteiger partial charge < -0.3 is 10.6 Å². The maximum absolute atomic E-state index is 12.7. The fourth-order valence-electron chi connectivity index (χ4n) is 3.52. The van der Waals surface area contributed by atoms with Crippen molar-refractivity contribution < 1.29 is 13.2 Å². The van der Waals surface area contributed by atoms with Gasteiger partial charge in [0, 0.05) is 32.2 Å². The minimum atomic E-state index is -3.40. The molecule has 0 aliphatic carbocycles. The molecule has 0 aromatic heterocycles. The van der Waals surface area contributed by atoms with Crippen LogP contribution in [0.1, 0.15) is 24.8 Å². The van der Waals surface area contributed by atoms with E-state index in [1.165, 1.54) is 4.31 Å². The fourth-order valence-corrected chi connectivity index (χ4v) is 5.13. The van der Waals surface area contributed by atoms with E-state index in [9.17, 15) is 13.2 Å². The number of hydrogen-bond acceptors (Lipinski definition) is 4. The highest BCUT2D eigenvalue weighted by Gasteiger charge is 2.35. The van der Waals surface area contributed by atoms with Gasteiger partial charge in [-0.15, -0.1) is 0 Å². The van der Waals surface area contributed by atoms with E-state index >= 15 is 0 Å². The van der Waals surface area contributed by atoms with Crippen molar-refractivity contribution in [2.24, 2.45) is 11.7 Å². The molecule has 2 aliphatic rings. The predicted molar refractivity (Wildman–Crippen MR) is 92.5 cm³/mol. The summed E-state index contributed by atoms with van der Waals surface area (Å²) in [5, 5.41) is 0. The Morgan fingerprint density at radius 3 is 2.54 bits per heavy atom. The Bertz CT molecular complexity index is 678. The molecule has 1 aromatic rings. The van der Waals surface area contributed by atoms with E-state index in [4.69, 9.17) is 5.73 Å². The van der Waals surface area contributed by atoms with Crippen molar-refractivity contribution in [3.8, 4) is 0 Å². The Morgan fingerprint density at radius 1 is 1.12 bits per heavy atom. The first-order valence-corrected chi connectivity index (χ1v) is 10.1. The highest BCUT2D eigenvalue weighted by Crippen LogP contribution is 2.24. The molecule has 0 bridgehead atoms. The number of rotatable bonds is 4. The number of piperidine rings is 1. The molecule has 2 heterocycles. The summed E-state index contributed by atoms with van der Waals surface area (Å²) in [5.74, 6) is -0.194. The average molecular weight is 351 g/mol. The quantitative estimate of drug-likeness (QED) is 0.869. The molecule has 0 saturated carbocycles. The van der Waals surface area contributed by atoms with Crippen molar-refractivity contribution in [3.63, 3.8) is 0 Å². The van der Waals surface area contributed by atoms with Gasteiger partial charge in [-0.2, -0.15) is 0 Å². The van der Waals surface area contributed by atoms with Crippen LogP contribution < -0.4 is 5.73 Å². The highest BCUT2D eigenvalue weighted by atomic mass is 32.2. The summed E-state index contributed by atoms with van der Waals surface area (Å²) in [4.78, 5) is 14.4. The first kappa shape index (κ1) is 17.4. The normalized spacial score (nSPS) is 25.8. The molecule has 3 rings (SSSR count). The summed E-state index contributed by atoms with van der Waals surface area (Å²) in [6.45, 7) is 2.07. The highest BCUT2D eigenvalue weighted by molar-refractivity contribution is 7.88. The van der Waals surface area contributed by atoms with Crippen molar-refractivity contribution >= 4 is 15.9 Å². The molecule has 2 fully saturated rings. The number of likely N-dealkylation sites (tertiary alicyclic amines) is 1. The fraction of sp³-hybridized carbons (Fsp3) is 0.588. The maximum atomic E-state index is 12.7. The molecule has 6 nitrogen and oxygen atoms in total. The predicted octanol–water partition coefficient (Wildman–Crippen LogP) is 0.788. The van der Waals surface area contributed by atoms with Gasteiger partial charge in [-0.05, 0) is 24.8 Å². The molecule has 1 aromatic carbocycles. The number of nitrogens with zero attached hydrogens (tertiary/aromatic N) is 2. The van der Waals surface area contributed by atoms with E-state index in [-0.39, 0.29) is 23.6 Å². The monoisotopic (exact) mass is 351 g/mol. The molecule has 0 spiro atoms. The summed E-state index contributed by atoms with van der Waals surface area (Å²) >= 11 is 0. The van der Waals surface area contributed by atoms with Crippen LogP contribution >= 0.6 is 0 Å². The number of carbonyl (C=O) groups excluding carboxylic acids is 1. The van der Waals surface area contributed by atoms with Crippen LogP contribution in [0.3, 0.4) is 0 Å². The lowest BCUT2D eigenvalue weighted by atomic mass is 9.98. The molecule has 2 saturated heterocycles. The van der Waals surface area contributed by atoms with Gasteiger partial charge >= 0.3 is 0 Å². The third-order valence-electron chi connectivity index (χ3n) is 4.86. The molecule has 24 heavy (non-hydrogen) atoms. The minimum absolute atomic E-state index is 0.0106. The van der Waals surface area contributed by atoms with Gasteiger partial charge in [-0.25, -0.2) is 12.7 Å². The number of sulfonamides is 1. The average Bonchev–Trinajstić information content (AvgIpc) is 3.01. The number of benzene rings is 1. The number of nitrogens with two attached hydrogens (primary N) is 1. The Kier molecular flexibility index (Phi) is 5.22. The van der Waals surface area contributed by atoms with Crippen molar-refractivity contribution in [2.75, 3.05) is 26.2 Å². The molecule has 132 valence electrons. The topological polar surface area (TPSA) is 83.7 Å². The third kappa shape index (κ3) is 3.96. The van der Waals surface area contributed by atoms with Crippen LogP contribution in [0.25, 0.3) is 0 Å². The van der Waals surface area contributed by atoms with E-state index < -0.39 is 10.0 Å². The largest absolute Gasteiger partial charge is 0.341 e. The van der Waals surface area contributed by atoms with E-state index in [1.807, 2.05) is 30.3 Å². The van der Waals surface area contributed by atoms with Crippen LogP contribution in [0.15, 0.2) is 30.3 Å². The zero-order valence-electron chi connectivity index (χ0n) is 13.8. The number of hydrogen-bond donors (Lipinski definition) is 1. The zero-order valence-corrected chi connectivity index (χ0v) is 14.6. The van der Waals surface area contributed by atoms with E-state index in [0.717, 1.165) is 24.8 Å². The Morgan fingerprint density at radius 2 is 1.88 bits per heavy atom. The second-order valence-corrected chi connectivity index (χ2v) is 8.74. The van der Waals surface area contributed by atoms with E-state index in [2.05, 4.69) is 0 Å². The number of carbonyl (C=O) groups is 1. The van der Waals surface area contributed by atoms with Crippen LogP contribution in [0.2, 0.25) is 0 Å². The second-order valence-electron chi connectivity index (χ2n) is 6.77. The van der Waals surface area contributed by atoms with Crippen molar-refractivity contribution in [1.82, 2.24) is 9.21 Å². The molecular weight excluding hydrogens is 326 g/mol. The van der Waals surface area contributed by atoms with Gasteiger partial charge in [0.15, 0.2) is 0 Å². The van der Waals surface area contributed by atoms with E-state index in [1.54, 1.807) is 4.90 Å². The molecular formula is C17H25N3O3S. The van der Waals surface area contributed by atoms with Gasteiger partial charge in [0.25, 0.3) is 0 Å². The third-order valence-corrected chi connectivity index (χ3v) is 6.67. The van der Waals surface area contributed by atoms with Crippen molar-refractivity contribution in [2.45, 2.75) is 31.1 Å².